The summed E-state index contributed by atoms with van der Waals surface area (Å²) >= 11 is 0. The lowest BCUT2D eigenvalue weighted by Gasteiger charge is -2.11. The molecular weight excluding hydrogens is 812 g/mol. The van der Waals surface area contributed by atoms with Crippen LogP contribution in [0.3, 0.4) is 0 Å². The summed E-state index contributed by atoms with van der Waals surface area (Å²) in [4.78, 5) is 0. The third-order valence-corrected chi connectivity index (χ3v) is 10.5. The molecule has 1 nitrogen and oxygen atoms in total. The predicted octanol–water partition coefficient (Wildman–Crippen LogP) is 16.2. The molecule has 0 radical (unpaired) electrons. The molecule has 0 amide bonds. The highest BCUT2D eigenvalue weighted by Gasteiger charge is 2.30. The average molecular weight is 849 g/mol. The van der Waals surface area contributed by atoms with Crippen LogP contribution < -0.4 is 4.74 Å². The highest BCUT2D eigenvalue weighted by molar-refractivity contribution is 5.89. The van der Waals surface area contributed by atoms with Crippen LogP contribution in [0.15, 0.2) is 158 Å². The minimum Gasteiger partial charge on any atom is -0.429 e. The second kappa shape index (κ2) is 18.4. The van der Waals surface area contributed by atoms with Crippen molar-refractivity contribution in [1.82, 2.24) is 0 Å². The molecule has 0 saturated heterocycles. The van der Waals surface area contributed by atoms with E-state index < -0.39 is 47.4 Å². The van der Waals surface area contributed by atoms with Crippen molar-refractivity contribution in [2.24, 2.45) is 0 Å². The number of ether oxygens (including phenoxy) is 1. The van der Waals surface area contributed by atoms with Crippen LogP contribution in [0.2, 0.25) is 0 Å². The van der Waals surface area contributed by atoms with Gasteiger partial charge in [-0.05, 0) is 134 Å². The first-order valence-corrected chi connectivity index (χ1v) is 19.6. The van der Waals surface area contributed by atoms with Gasteiger partial charge in [-0.15, -0.1) is 6.58 Å². The Morgan fingerprint density at radius 2 is 0.919 bits per heavy atom. The number of hydrogen-bond acceptors (Lipinski definition) is 1. The maximum atomic E-state index is 14.9. The zero-order chi connectivity index (χ0) is 44.1. The van der Waals surface area contributed by atoms with Gasteiger partial charge < -0.3 is 4.74 Å². The number of allylic oxidation sites excluding steroid dienone is 1. The van der Waals surface area contributed by atoms with Gasteiger partial charge in [0.15, 0.2) is 17.4 Å². The maximum Gasteiger partial charge on any atom is 0.416 e. The Balaban J connectivity index is 0.000000188. The number of benzene rings is 8. The number of fused-ring (bicyclic) bond motifs is 2. The molecule has 314 valence electrons. The quantitative estimate of drug-likeness (QED) is 0.0984. The van der Waals surface area contributed by atoms with Crippen molar-refractivity contribution in [2.45, 2.75) is 39.0 Å². The molecule has 8 aromatic rings. The van der Waals surface area contributed by atoms with Gasteiger partial charge in [-0.2, -0.15) is 22.0 Å². The first kappa shape index (κ1) is 43.3. The molecule has 0 atom stereocenters. The van der Waals surface area contributed by atoms with E-state index in [1.54, 1.807) is 18.2 Å². The van der Waals surface area contributed by atoms with Crippen molar-refractivity contribution in [3.8, 4) is 50.3 Å². The van der Waals surface area contributed by atoms with Crippen molar-refractivity contribution in [3.05, 3.63) is 198 Å². The minimum atomic E-state index is -4.41. The van der Waals surface area contributed by atoms with Gasteiger partial charge in [-0.3, -0.25) is 0 Å². The topological polar surface area (TPSA) is 9.23 Å². The van der Waals surface area contributed by atoms with Crippen molar-refractivity contribution in [2.75, 3.05) is 0 Å². The third-order valence-electron chi connectivity index (χ3n) is 10.5. The molecule has 0 aliphatic heterocycles. The van der Waals surface area contributed by atoms with Crippen molar-refractivity contribution in [1.29, 1.82) is 0 Å². The minimum absolute atomic E-state index is 0.0622. The molecule has 0 fully saturated rings. The Kier molecular flexibility index (Phi) is 12.9. The summed E-state index contributed by atoms with van der Waals surface area (Å²) < 4.78 is 124. The summed E-state index contributed by atoms with van der Waals surface area (Å²) in [6.45, 7) is 2.47. The molecule has 8 aromatic carbocycles. The van der Waals surface area contributed by atoms with E-state index in [9.17, 15) is 39.5 Å². The van der Waals surface area contributed by atoms with Crippen LogP contribution in [0, 0.1) is 23.3 Å². The molecule has 62 heavy (non-hydrogen) atoms. The first-order valence-electron chi connectivity index (χ1n) is 19.6. The smallest absolute Gasteiger partial charge is 0.416 e. The van der Waals surface area contributed by atoms with Crippen molar-refractivity contribution < 1.29 is 44.3 Å². The van der Waals surface area contributed by atoms with Gasteiger partial charge in [-0.1, -0.05) is 110 Å². The van der Waals surface area contributed by atoms with Gasteiger partial charge in [-0.25, -0.2) is 17.6 Å². The number of aryl methyl sites for hydroxylation is 2. The monoisotopic (exact) mass is 848 g/mol. The van der Waals surface area contributed by atoms with E-state index >= 15 is 0 Å². The van der Waals surface area contributed by atoms with Crippen LogP contribution in [0.4, 0.5) is 39.5 Å². The van der Waals surface area contributed by atoms with Crippen LogP contribution in [0.1, 0.15) is 30.0 Å². The largest absolute Gasteiger partial charge is 0.429 e. The number of rotatable bonds is 10. The van der Waals surface area contributed by atoms with Crippen molar-refractivity contribution >= 4 is 21.5 Å². The number of alkyl halides is 5. The fraction of sp³-hybridized carbons (Fsp3) is 0.115. The highest BCUT2D eigenvalue weighted by atomic mass is 19.4. The lowest BCUT2D eigenvalue weighted by molar-refractivity contribution is -0.137. The van der Waals surface area contributed by atoms with Gasteiger partial charge in [0.05, 0.1) is 5.56 Å². The molecule has 0 heterocycles. The standard InChI is InChI=1S/C27H19F5O.C25H18F4/c1-2-3-4-16-5-6-18-12-19(8-7-17(18)11-16)20-9-10-22(23(28)13-20)21-14-24(29)26(25(30)15-21)33-27(31)32;1-2-16-3-4-19-14-20(6-5-18(19)13-16)21-9-12-23(24(26)15-21)17-7-10-22(11-8-17)25(27,28)29/h2,5-15,27H,1,3-4H2;3-15H,2H2,1H3. The highest BCUT2D eigenvalue weighted by Crippen LogP contribution is 2.36. The SMILES string of the molecule is C=CCCc1ccc2cc(-c3ccc(-c4cc(F)c(OC(F)F)c(F)c4)c(F)c3)ccc2c1.CCc1ccc2cc(-c3ccc(-c4ccc(C(F)(F)F)cc4)c(F)c3)ccc2c1. The fourth-order valence-corrected chi connectivity index (χ4v) is 7.21. The third kappa shape index (κ3) is 9.86. The van der Waals surface area contributed by atoms with E-state index in [2.05, 4.69) is 42.5 Å². The van der Waals surface area contributed by atoms with E-state index in [1.165, 1.54) is 41.5 Å². The van der Waals surface area contributed by atoms with Crippen LogP contribution >= 0.6 is 0 Å². The fourth-order valence-electron chi connectivity index (χ4n) is 7.21. The Bertz CT molecular complexity index is 2880. The molecule has 0 aromatic heterocycles. The van der Waals surface area contributed by atoms with Gasteiger partial charge in [0.25, 0.3) is 0 Å². The Labute approximate surface area is 352 Å². The second-order valence-corrected chi connectivity index (χ2v) is 14.6. The van der Waals surface area contributed by atoms with Crippen LogP contribution in [-0.2, 0) is 19.0 Å². The molecule has 0 N–H and O–H groups in total. The van der Waals surface area contributed by atoms with Gasteiger partial charge in [0, 0.05) is 11.1 Å². The predicted molar refractivity (Wildman–Crippen MR) is 229 cm³/mol. The zero-order valence-electron chi connectivity index (χ0n) is 33.1. The lowest BCUT2D eigenvalue weighted by Crippen LogP contribution is -2.06. The van der Waals surface area contributed by atoms with Crippen LogP contribution in [0.5, 0.6) is 5.75 Å². The molecule has 10 heteroatoms. The summed E-state index contributed by atoms with van der Waals surface area (Å²) in [7, 11) is 0. The van der Waals surface area contributed by atoms with Crippen LogP contribution in [-0.4, -0.2) is 6.61 Å². The summed E-state index contributed by atoms with van der Waals surface area (Å²) in [5.74, 6) is -5.04. The Morgan fingerprint density at radius 3 is 1.40 bits per heavy atom. The molecule has 0 aliphatic carbocycles. The van der Waals surface area contributed by atoms with Gasteiger partial charge in [0.1, 0.15) is 11.6 Å². The molecule has 0 unspecified atom stereocenters. The molecular formula is C52H37F9O. The second-order valence-electron chi connectivity index (χ2n) is 14.6. The molecule has 0 saturated carbocycles. The lowest BCUT2D eigenvalue weighted by atomic mass is 9.96. The van der Waals surface area contributed by atoms with Crippen LogP contribution in [0.25, 0.3) is 66.1 Å². The normalized spacial score (nSPS) is 11.5. The summed E-state index contributed by atoms with van der Waals surface area (Å²) in [5, 5.41) is 4.27. The van der Waals surface area contributed by atoms with E-state index in [0.29, 0.717) is 11.1 Å². The van der Waals surface area contributed by atoms with E-state index in [-0.39, 0.29) is 16.7 Å². The maximum absolute atomic E-state index is 14.9. The first-order chi connectivity index (χ1) is 29.7. The summed E-state index contributed by atoms with van der Waals surface area (Å²) in [6.07, 6.45) is 0.234. The Hall–Kier alpha value is -6.81. The van der Waals surface area contributed by atoms with Crippen molar-refractivity contribution in [3.63, 3.8) is 0 Å². The van der Waals surface area contributed by atoms with E-state index in [0.717, 1.165) is 81.8 Å². The molecule has 0 aliphatic rings. The summed E-state index contributed by atoms with van der Waals surface area (Å²) in [5.41, 5.74) is 5.20. The van der Waals surface area contributed by atoms with Gasteiger partial charge in [0.2, 0.25) is 0 Å². The summed E-state index contributed by atoms with van der Waals surface area (Å²) in [6, 6.07) is 39.4. The number of halogens is 9. The van der Waals surface area contributed by atoms with Gasteiger partial charge >= 0.3 is 12.8 Å². The number of hydrogen-bond donors (Lipinski definition) is 0. The average Bonchev–Trinajstić information content (AvgIpc) is 3.26. The Morgan fingerprint density at radius 1 is 0.500 bits per heavy atom. The molecule has 8 rings (SSSR count). The van der Waals surface area contributed by atoms with E-state index in [4.69, 9.17) is 0 Å². The molecule has 0 bridgehead atoms. The van der Waals surface area contributed by atoms with E-state index in [1.807, 2.05) is 54.6 Å². The zero-order valence-corrected chi connectivity index (χ0v) is 33.1. The molecule has 0 spiro atoms.